The smallest absolute Gasteiger partial charge is 0.174 e. The zero-order chi connectivity index (χ0) is 10.6. The zero-order valence-corrected chi connectivity index (χ0v) is 11.3. The van der Waals surface area contributed by atoms with Crippen molar-refractivity contribution < 1.29 is 9.53 Å². The molecule has 0 aliphatic heterocycles. The van der Waals surface area contributed by atoms with Gasteiger partial charge in [-0.2, -0.15) is 5.26 Å². The third-order valence-corrected chi connectivity index (χ3v) is 2.87. The molecule has 0 amide bonds. The van der Waals surface area contributed by atoms with Gasteiger partial charge in [0.25, 0.3) is 0 Å². The fraction of sp³-hybridized carbons (Fsp3) is 0.111. The summed E-state index contributed by atoms with van der Waals surface area (Å²) < 4.78 is 6.97. The van der Waals surface area contributed by atoms with E-state index >= 15 is 0 Å². The molecule has 1 rings (SSSR count). The molecule has 0 atom stereocenters. The molecule has 0 aromatic heterocycles. The van der Waals surface area contributed by atoms with Crippen molar-refractivity contribution in [3.05, 3.63) is 24.8 Å². The third kappa shape index (κ3) is 2.81. The van der Waals surface area contributed by atoms with Crippen molar-refractivity contribution in [2.75, 3.05) is 6.61 Å². The summed E-state index contributed by atoms with van der Waals surface area (Å²) in [5, 5.41) is 8.37. The van der Waals surface area contributed by atoms with E-state index in [-0.39, 0.29) is 6.61 Å². The molecule has 0 heterocycles. The highest BCUT2D eigenvalue weighted by Gasteiger charge is 2.08. The van der Waals surface area contributed by atoms with Crippen LogP contribution in [0.3, 0.4) is 0 Å². The Morgan fingerprint density at radius 1 is 1.50 bits per heavy atom. The van der Waals surface area contributed by atoms with Crippen LogP contribution >= 0.6 is 45.2 Å². The minimum Gasteiger partial charge on any atom is -0.477 e. The lowest BCUT2D eigenvalue weighted by molar-refractivity contribution is 0.112. The van der Waals surface area contributed by atoms with Crippen LogP contribution in [0.5, 0.6) is 5.75 Å². The van der Waals surface area contributed by atoms with Crippen molar-refractivity contribution >= 4 is 51.5 Å². The first kappa shape index (κ1) is 11.7. The lowest BCUT2D eigenvalue weighted by atomic mass is 10.2. The third-order valence-electron chi connectivity index (χ3n) is 1.45. The molecule has 0 N–H and O–H groups in total. The number of hydrogen-bond acceptors (Lipinski definition) is 3. The van der Waals surface area contributed by atoms with Crippen LogP contribution in [0, 0.1) is 18.5 Å². The van der Waals surface area contributed by atoms with Crippen molar-refractivity contribution in [1.29, 1.82) is 5.26 Å². The van der Waals surface area contributed by atoms with E-state index in [2.05, 4.69) is 45.2 Å². The summed E-state index contributed by atoms with van der Waals surface area (Å²) in [6.07, 6.45) is 0.733. The number of nitriles is 1. The highest BCUT2D eigenvalue weighted by molar-refractivity contribution is 14.1. The SMILES string of the molecule is N#CCOc1c(I)cc(I)cc1C=O. The average Bonchev–Trinajstić information content (AvgIpc) is 2.15. The number of halogens is 2. The molecule has 0 radical (unpaired) electrons. The Balaban J connectivity index is 3.13. The van der Waals surface area contributed by atoms with Crippen LogP contribution in [-0.4, -0.2) is 12.9 Å². The summed E-state index contributed by atoms with van der Waals surface area (Å²) in [6, 6.07) is 5.48. The van der Waals surface area contributed by atoms with Gasteiger partial charge in [-0.15, -0.1) is 0 Å². The minimum absolute atomic E-state index is 0.0442. The van der Waals surface area contributed by atoms with Crippen LogP contribution in [0.2, 0.25) is 0 Å². The predicted octanol–water partition coefficient (Wildman–Crippen LogP) is 2.61. The summed E-state index contributed by atoms with van der Waals surface area (Å²) in [6.45, 7) is -0.0442. The lowest BCUT2D eigenvalue weighted by Crippen LogP contribution is -2.00. The van der Waals surface area contributed by atoms with Gasteiger partial charge in [-0.1, -0.05) is 0 Å². The molecule has 0 bridgehead atoms. The van der Waals surface area contributed by atoms with Crippen molar-refractivity contribution in [3.8, 4) is 11.8 Å². The number of hydrogen-bond donors (Lipinski definition) is 0. The van der Waals surface area contributed by atoms with Crippen molar-refractivity contribution in [2.24, 2.45) is 0 Å². The summed E-state index contributed by atoms with van der Waals surface area (Å²) in [7, 11) is 0. The number of nitrogens with zero attached hydrogens (tertiary/aromatic N) is 1. The van der Waals surface area contributed by atoms with Gasteiger partial charge >= 0.3 is 0 Å². The zero-order valence-electron chi connectivity index (χ0n) is 6.96. The van der Waals surface area contributed by atoms with E-state index in [4.69, 9.17) is 10.00 Å². The second-order valence-corrected chi connectivity index (χ2v) is 4.78. The van der Waals surface area contributed by atoms with Crippen LogP contribution in [0.15, 0.2) is 12.1 Å². The molecule has 14 heavy (non-hydrogen) atoms. The quantitative estimate of drug-likeness (QED) is 0.566. The maximum absolute atomic E-state index is 10.7. The van der Waals surface area contributed by atoms with Crippen LogP contribution < -0.4 is 4.74 Å². The van der Waals surface area contributed by atoms with Crippen LogP contribution in [0.1, 0.15) is 10.4 Å². The van der Waals surface area contributed by atoms with Crippen LogP contribution in [0.25, 0.3) is 0 Å². The highest BCUT2D eigenvalue weighted by atomic mass is 127. The fourth-order valence-corrected chi connectivity index (χ4v) is 2.97. The number of carbonyl (C=O) groups is 1. The van der Waals surface area contributed by atoms with Crippen LogP contribution in [-0.2, 0) is 0 Å². The van der Waals surface area contributed by atoms with Gasteiger partial charge in [0, 0.05) is 3.57 Å². The Morgan fingerprint density at radius 3 is 2.79 bits per heavy atom. The highest BCUT2D eigenvalue weighted by Crippen LogP contribution is 2.27. The summed E-state index contributed by atoms with van der Waals surface area (Å²) in [5.74, 6) is 0.488. The molecule has 5 heteroatoms. The Morgan fingerprint density at radius 2 is 2.21 bits per heavy atom. The lowest BCUT2D eigenvalue weighted by Gasteiger charge is -2.07. The minimum atomic E-state index is -0.0442. The van der Waals surface area contributed by atoms with E-state index < -0.39 is 0 Å². The first-order valence-electron chi connectivity index (χ1n) is 3.63. The van der Waals surface area contributed by atoms with E-state index in [1.54, 1.807) is 6.07 Å². The van der Waals surface area contributed by atoms with Gasteiger partial charge in [0.15, 0.2) is 12.9 Å². The normalized spacial score (nSPS) is 9.21. The second kappa shape index (κ2) is 5.50. The standard InChI is InChI=1S/C9H5I2NO2/c10-7-3-6(5-13)9(8(11)4-7)14-2-1-12/h3-5H,2H2. The molecule has 0 aliphatic rings. The Bertz CT molecular complexity index is 399. The van der Waals surface area contributed by atoms with E-state index in [0.29, 0.717) is 11.3 Å². The van der Waals surface area contributed by atoms with E-state index in [9.17, 15) is 4.79 Å². The molecule has 0 saturated heterocycles. The molecule has 3 nitrogen and oxygen atoms in total. The van der Waals surface area contributed by atoms with Gasteiger partial charge in [-0.05, 0) is 57.3 Å². The Hall–Kier alpha value is -0.360. The number of carbonyl (C=O) groups excluding carboxylic acids is 1. The summed E-state index contributed by atoms with van der Waals surface area (Å²) in [5.41, 5.74) is 0.483. The number of aldehydes is 1. The largest absolute Gasteiger partial charge is 0.477 e. The molecule has 0 spiro atoms. The van der Waals surface area contributed by atoms with Gasteiger partial charge in [0.1, 0.15) is 11.8 Å². The first-order chi connectivity index (χ1) is 6.69. The molecule has 0 aliphatic carbocycles. The summed E-state index contributed by atoms with van der Waals surface area (Å²) in [4.78, 5) is 10.7. The molecule has 72 valence electrons. The van der Waals surface area contributed by atoms with Gasteiger partial charge in [-0.25, -0.2) is 0 Å². The Labute approximate surface area is 109 Å². The molecule has 0 saturated carbocycles. The molecular weight excluding hydrogens is 408 g/mol. The maximum Gasteiger partial charge on any atom is 0.174 e. The van der Waals surface area contributed by atoms with Gasteiger partial charge in [0.2, 0.25) is 0 Å². The van der Waals surface area contributed by atoms with Gasteiger partial charge in [-0.3, -0.25) is 4.79 Å². The fourth-order valence-electron chi connectivity index (χ4n) is 0.925. The van der Waals surface area contributed by atoms with Crippen molar-refractivity contribution in [1.82, 2.24) is 0 Å². The monoisotopic (exact) mass is 413 g/mol. The van der Waals surface area contributed by atoms with Crippen LogP contribution in [0.4, 0.5) is 0 Å². The average molecular weight is 413 g/mol. The van der Waals surface area contributed by atoms with Gasteiger partial charge < -0.3 is 4.74 Å². The molecule has 1 aromatic carbocycles. The van der Waals surface area contributed by atoms with E-state index in [1.807, 2.05) is 12.1 Å². The number of ether oxygens (including phenoxy) is 1. The predicted molar refractivity (Wildman–Crippen MR) is 68.4 cm³/mol. The first-order valence-corrected chi connectivity index (χ1v) is 5.78. The number of benzene rings is 1. The molecule has 0 fully saturated rings. The Kier molecular flexibility index (Phi) is 4.60. The molecule has 1 aromatic rings. The second-order valence-electron chi connectivity index (χ2n) is 2.37. The van der Waals surface area contributed by atoms with E-state index in [0.717, 1.165) is 13.4 Å². The molecular formula is C9H5I2NO2. The van der Waals surface area contributed by atoms with Crippen molar-refractivity contribution in [3.63, 3.8) is 0 Å². The molecule has 0 unspecified atom stereocenters. The summed E-state index contributed by atoms with van der Waals surface area (Å²) >= 11 is 4.20. The number of rotatable bonds is 3. The van der Waals surface area contributed by atoms with E-state index in [1.165, 1.54) is 0 Å². The topological polar surface area (TPSA) is 50.1 Å². The van der Waals surface area contributed by atoms with Crippen molar-refractivity contribution in [2.45, 2.75) is 0 Å². The maximum atomic E-state index is 10.7. The van der Waals surface area contributed by atoms with Gasteiger partial charge in [0.05, 0.1) is 9.13 Å².